The highest BCUT2D eigenvalue weighted by molar-refractivity contribution is 5.42. The van der Waals surface area contributed by atoms with Gasteiger partial charge in [-0.1, -0.05) is 12.1 Å². The molecule has 4 rings (SSSR count). The molecule has 0 bridgehead atoms. The zero-order valence-electron chi connectivity index (χ0n) is 14.9. The van der Waals surface area contributed by atoms with Gasteiger partial charge >= 0.3 is 0 Å². The van der Waals surface area contributed by atoms with Crippen LogP contribution in [0.25, 0.3) is 5.69 Å². The lowest BCUT2D eigenvalue weighted by atomic mass is 10.1. The van der Waals surface area contributed by atoms with E-state index < -0.39 is 0 Å². The van der Waals surface area contributed by atoms with Gasteiger partial charge in [0.2, 0.25) is 0 Å². The molecule has 1 aliphatic carbocycles. The van der Waals surface area contributed by atoms with Crippen molar-refractivity contribution in [1.82, 2.24) is 19.5 Å². The van der Waals surface area contributed by atoms with Gasteiger partial charge in [0.15, 0.2) is 0 Å². The average Bonchev–Trinajstić information content (AvgIpc) is 3.31. The molecule has 0 saturated heterocycles. The van der Waals surface area contributed by atoms with E-state index in [1.54, 1.807) is 0 Å². The van der Waals surface area contributed by atoms with Crippen LogP contribution in [0.15, 0.2) is 42.9 Å². The van der Waals surface area contributed by atoms with Crippen molar-refractivity contribution in [2.45, 2.75) is 45.6 Å². The summed E-state index contributed by atoms with van der Waals surface area (Å²) in [7, 11) is 0. The Morgan fingerprint density at radius 1 is 1.12 bits per heavy atom. The molecule has 1 atom stereocenters. The predicted octanol–water partition coefficient (Wildman–Crippen LogP) is 4.33. The second-order valence-electron chi connectivity index (χ2n) is 6.88. The van der Waals surface area contributed by atoms with Crippen LogP contribution < -0.4 is 5.32 Å². The minimum atomic E-state index is 0.174. The number of hydrogen-bond donors (Lipinski definition) is 1. The molecule has 5 heteroatoms. The Morgan fingerprint density at radius 2 is 1.88 bits per heavy atom. The van der Waals surface area contributed by atoms with Crippen molar-refractivity contribution in [2.24, 2.45) is 0 Å². The number of nitrogens with one attached hydrogen (secondary N) is 1. The summed E-state index contributed by atoms with van der Waals surface area (Å²) in [5, 5.41) is 3.46. The van der Waals surface area contributed by atoms with Crippen molar-refractivity contribution in [3.63, 3.8) is 0 Å². The number of aryl methyl sites for hydroxylation is 2. The highest BCUT2D eigenvalue weighted by Gasteiger charge is 2.25. The largest absolute Gasteiger partial charge is 0.363 e. The SMILES string of the molecule is Cc1cc(N[C@@H](C)c2ccc(-n3cnc(C4CC4)c3)cc2)nc(C)n1. The van der Waals surface area contributed by atoms with Crippen LogP contribution in [-0.4, -0.2) is 19.5 Å². The first kappa shape index (κ1) is 15.8. The van der Waals surface area contributed by atoms with Gasteiger partial charge in [0.1, 0.15) is 11.6 Å². The Balaban J connectivity index is 1.48. The van der Waals surface area contributed by atoms with Gasteiger partial charge in [-0.25, -0.2) is 15.0 Å². The fraction of sp³-hybridized carbons (Fsp3) is 0.350. The smallest absolute Gasteiger partial charge is 0.130 e. The lowest BCUT2D eigenvalue weighted by molar-refractivity contribution is 0.862. The van der Waals surface area contributed by atoms with Crippen molar-refractivity contribution < 1.29 is 0 Å². The average molecular weight is 333 g/mol. The second-order valence-corrected chi connectivity index (χ2v) is 6.88. The highest BCUT2D eigenvalue weighted by atomic mass is 15.1. The summed E-state index contributed by atoms with van der Waals surface area (Å²) in [6, 6.07) is 10.7. The topological polar surface area (TPSA) is 55.6 Å². The fourth-order valence-electron chi connectivity index (χ4n) is 3.10. The van der Waals surface area contributed by atoms with E-state index in [1.165, 1.54) is 24.1 Å². The first-order valence-electron chi connectivity index (χ1n) is 8.81. The van der Waals surface area contributed by atoms with Gasteiger partial charge in [-0.2, -0.15) is 0 Å². The molecule has 1 aliphatic rings. The Labute approximate surface area is 148 Å². The van der Waals surface area contributed by atoms with E-state index >= 15 is 0 Å². The van der Waals surface area contributed by atoms with E-state index in [0.29, 0.717) is 5.92 Å². The quantitative estimate of drug-likeness (QED) is 0.755. The number of imidazole rings is 1. The molecule has 0 amide bonds. The molecule has 1 N–H and O–H groups in total. The first-order valence-corrected chi connectivity index (χ1v) is 8.81. The molecule has 0 radical (unpaired) electrons. The third-order valence-electron chi connectivity index (χ3n) is 4.62. The molecule has 1 aromatic carbocycles. The van der Waals surface area contributed by atoms with E-state index in [2.05, 4.69) is 62.2 Å². The zero-order chi connectivity index (χ0) is 17.4. The van der Waals surface area contributed by atoms with E-state index in [9.17, 15) is 0 Å². The Kier molecular flexibility index (Phi) is 3.99. The standard InChI is InChI=1S/C20H23N5/c1-13-10-20(24-15(3)22-13)23-14(2)16-6-8-18(9-7-16)25-11-19(21-12-25)17-4-5-17/h6-12,14,17H,4-5H2,1-3H3,(H,22,23,24)/t14-/m0/s1. The van der Waals surface area contributed by atoms with Gasteiger partial charge in [-0.05, 0) is 51.3 Å². The molecule has 2 aromatic heterocycles. The van der Waals surface area contributed by atoms with Crippen LogP contribution in [0, 0.1) is 13.8 Å². The molecule has 25 heavy (non-hydrogen) atoms. The van der Waals surface area contributed by atoms with Crippen molar-refractivity contribution in [1.29, 1.82) is 0 Å². The van der Waals surface area contributed by atoms with Gasteiger partial charge in [0, 0.05) is 35.6 Å². The monoisotopic (exact) mass is 333 g/mol. The molecule has 0 spiro atoms. The molecule has 128 valence electrons. The number of hydrogen-bond acceptors (Lipinski definition) is 4. The summed E-state index contributed by atoms with van der Waals surface area (Å²) < 4.78 is 2.10. The molecule has 3 aromatic rings. The van der Waals surface area contributed by atoms with Gasteiger partial charge in [0.05, 0.1) is 12.0 Å². The van der Waals surface area contributed by atoms with Gasteiger partial charge in [-0.3, -0.25) is 0 Å². The van der Waals surface area contributed by atoms with Crippen LogP contribution in [0.1, 0.15) is 54.5 Å². The van der Waals surface area contributed by atoms with Gasteiger partial charge < -0.3 is 9.88 Å². The molecule has 1 saturated carbocycles. The summed E-state index contributed by atoms with van der Waals surface area (Å²) in [6.07, 6.45) is 6.62. The molecule has 0 unspecified atom stereocenters. The van der Waals surface area contributed by atoms with Crippen LogP contribution in [0.4, 0.5) is 5.82 Å². The first-order chi connectivity index (χ1) is 12.1. The summed E-state index contributed by atoms with van der Waals surface area (Å²) in [5.41, 5.74) is 4.56. The number of benzene rings is 1. The van der Waals surface area contributed by atoms with Crippen LogP contribution in [0.3, 0.4) is 0 Å². The van der Waals surface area contributed by atoms with E-state index in [4.69, 9.17) is 0 Å². The maximum Gasteiger partial charge on any atom is 0.130 e. The summed E-state index contributed by atoms with van der Waals surface area (Å²) in [6.45, 7) is 6.04. The normalized spacial score (nSPS) is 15.2. The van der Waals surface area contributed by atoms with E-state index in [1.807, 2.05) is 26.2 Å². The third kappa shape index (κ3) is 3.55. The Hall–Kier alpha value is -2.69. The number of rotatable bonds is 5. The second kappa shape index (κ2) is 6.31. The minimum Gasteiger partial charge on any atom is -0.363 e. The molecule has 0 aliphatic heterocycles. The number of aromatic nitrogens is 4. The minimum absolute atomic E-state index is 0.174. The van der Waals surface area contributed by atoms with Crippen LogP contribution in [0.5, 0.6) is 0 Å². The molecule has 2 heterocycles. The van der Waals surface area contributed by atoms with Crippen LogP contribution in [-0.2, 0) is 0 Å². The lowest BCUT2D eigenvalue weighted by Crippen LogP contribution is -2.09. The zero-order valence-corrected chi connectivity index (χ0v) is 14.9. The predicted molar refractivity (Wildman–Crippen MR) is 99.1 cm³/mol. The molecule has 5 nitrogen and oxygen atoms in total. The van der Waals surface area contributed by atoms with E-state index in [0.717, 1.165) is 23.0 Å². The summed E-state index contributed by atoms with van der Waals surface area (Å²) >= 11 is 0. The third-order valence-corrected chi connectivity index (χ3v) is 4.62. The summed E-state index contributed by atoms with van der Waals surface area (Å²) in [4.78, 5) is 13.3. The molecule has 1 fully saturated rings. The van der Waals surface area contributed by atoms with Crippen molar-refractivity contribution in [3.05, 3.63) is 65.6 Å². The van der Waals surface area contributed by atoms with Crippen molar-refractivity contribution >= 4 is 5.82 Å². The number of nitrogens with zero attached hydrogens (tertiary/aromatic N) is 4. The maximum atomic E-state index is 4.52. The summed E-state index contributed by atoms with van der Waals surface area (Å²) in [5.74, 6) is 2.34. The lowest BCUT2D eigenvalue weighted by Gasteiger charge is -2.16. The van der Waals surface area contributed by atoms with Gasteiger partial charge in [-0.15, -0.1) is 0 Å². The molecular weight excluding hydrogens is 310 g/mol. The highest BCUT2D eigenvalue weighted by Crippen LogP contribution is 2.39. The Bertz CT molecular complexity index is 857. The maximum absolute atomic E-state index is 4.52. The van der Waals surface area contributed by atoms with Crippen molar-refractivity contribution in [3.8, 4) is 5.69 Å². The number of anilines is 1. The van der Waals surface area contributed by atoms with Crippen LogP contribution >= 0.6 is 0 Å². The van der Waals surface area contributed by atoms with Crippen molar-refractivity contribution in [2.75, 3.05) is 5.32 Å². The Morgan fingerprint density at radius 3 is 2.56 bits per heavy atom. The van der Waals surface area contributed by atoms with Gasteiger partial charge in [0.25, 0.3) is 0 Å². The van der Waals surface area contributed by atoms with E-state index in [-0.39, 0.29) is 6.04 Å². The van der Waals surface area contributed by atoms with Crippen LogP contribution in [0.2, 0.25) is 0 Å². The molecular formula is C20H23N5. The fourth-order valence-corrected chi connectivity index (χ4v) is 3.10.